The van der Waals surface area contributed by atoms with Crippen LogP contribution in [0, 0.1) is 0 Å². The average molecular weight is 312 g/mol. The average Bonchev–Trinajstić information content (AvgIpc) is 3.22. The van der Waals surface area contributed by atoms with Gasteiger partial charge in [0.25, 0.3) is 0 Å². The number of carbonyl (C=O) groups is 2. The first-order valence-corrected chi connectivity index (χ1v) is 8.56. The van der Waals surface area contributed by atoms with Crippen LogP contribution in [0.1, 0.15) is 51.4 Å². The van der Waals surface area contributed by atoms with Crippen LogP contribution in [0.5, 0.6) is 0 Å². The van der Waals surface area contributed by atoms with E-state index in [1.54, 1.807) is 0 Å². The van der Waals surface area contributed by atoms with Crippen molar-refractivity contribution in [3.63, 3.8) is 0 Å². The molecule has 0 saturated carbocycles. The monoisotopic (exact) mass is 312 g/mol. The molecule has 2 rings (SSSR count). The molecule has 0 bridgehead atoms. The number of carbonyl (C=O) groups excluding carboxylic acids is 2. The van der Waals surface area contributed by atoms with Crippen LogP contribution in [0.4, 0.5) is 0 Å². The van der Waals surface area contributed by atoms with Crippen LogP contribution >= 0.6 is 0 Å². The van der Waals surface area contributed by atoms with Gasteiger partial charge in [0.2, 0.25) is 11.8 Å². The zero-order chi connectivity index (χ0) is 15.6. The van der Waals surface area contributed by atoms with E-state index in [9.17, 15) is 9.59 Å². The Labute approximate surface area is 132 Å². The topological polar surface area (TPSA) is 76.7 Å². The van der Waals surface area contributed by atoms with E-state index in [4.69, 9.17) is 9.47 Å². The first-order valence-electron chi connectivity index (χ1n) is 8.56. The summed E-state index contributed by atoms with van der Waals surface area (Å²) < 4.78 is 10.7. The summed E-state index contributed by atoms with van der Waals surface area (Å²) in [4.78, 5) is 23.4. The van der Waals surface area contributed by atoms with E-state index < -0.39 is 0 Å². The molecule has 0 aromatic rings. The van der Waals surface area contributed by atoms with Crippen LogP contribution in [-0.4, -0.2) is 50.3 Å². The molecule has 0 radical (unpaired) electrons. The molecule has 0 spiro atoms. The molecule has 2 aliphatic heterocycles. The largest absolute Gasteiger partial charge is 0.368 e. The number of ether oxygens (including phenoxy) is 2. The van der Waals surface area contributed by atoms with Gasteiger partial charge in [-0.2, -0.15) is 0 Å². The van der Waals surface area contributed by atoms with Gasteiger partial charge in [-0.3, -0.25) is 9.59 Å². The van der Waals surface area contributed by atoms with Gasteiger partial charge in [-0.15, -0.1) is 0 Å². The summed E-state index contributed by atoms with van der Waals surface area (Å²) in [6.07, 6.45) is 7.25. The highest BCUT2D eigenvalue weighted by atomic mass is 16.5. The third kappa shape index (κ3) is 5.93. The molecule has 2 fully saturated rings. The quantitative estimate of drug-likeness (QED) is 0.626. The highest BCUT2D eigenvalue weighted by Crippen LogP contribution is 2.12. The smallest absolute Gasteiger partial charge is 0.249 e. The summed E-state index contributed by atoms with van der Waals surface area (Å²) in [6, 6.07) is 0. The SMILES string of the molecule is O=C(NCCCCCCNC(=O)C1CCCO1)C1CCCO1. The van der Waals surface area contributed by atoms with Gasteiger partial charge in [0.1, 0.15) is 12.2 Å². The van der Waals surface area contributed by atoms with Gasteiger partial charge < -0.3 is 20.1 Å². The van der Waals surface area contributed by atoms with E-state index in [1.807, 2.05) is 0 Å². The van der Waals surface area contributed by atoms with Gasteiger partial charge in [-0.1, -0.05) is 12.8 Å². The van der Waals surface area contributed by atoms with E-state index in [2.05, 4.69) is 10.6 Å². The number of rotatable bonds is 9. The fourth-order valence-corrected chi connectivity index (χ4v) is 2.82. The standard InChI is InChI=1S/C16H28N2O4/c19-15(13-7-5-11-21-13)17-9-3-1-2-4-10-18-16(20)14-8-6-12-22-14/h13-14H,1-12H2,(H,17,19)(H,18,20). The summed E-state index contributed by atoms with van der Waals surface area (Å²) in [5.41, 5.74) is 0. The molecule has 6 heteroatoms. The fraction of sp³-hybridized carbons (Fsp3) is 0.875. The lowest BCUT2D eigenvalue weighted by molar-refractivity contribution is -0.130. The zero-order valence-corrected chi connectivity index (χ0v) is 13.3. The van der Waals surface area contributed by atoms with Crippen molar-refractivity contribution in [3.05, 3.63) is 0 Å². The highest BCUT2D eigenvalue weighted by Gasteiger charge is 2.23. The molecular formula is C16H28N2O4. The molecule has 126 valence electrons. The van der Waals surface area contributed by atoms with Crippen LogP contribution in [-0.2, 0) is 19.1 Å². The second-order valence-electron chi connectivity index (χ2n) is 6.00. The van der Waals surface area contributed by atoms with E-state index in [1.165, 1.54) is 0 Å². The first kappa shape index (κ1) is 17.2. The molecule has 6 nitrogen and oxygen atoms in total. The molecule has 2 saturated heterocycles. The maximum atomic E-state index is 11.7. The predicted octanol–water partition coefficient (Wildman–Crippen LogP) is 1.14. The predicted molar refractivity (Wildman–Crippen MR) is 82.4 cm³/mol. The van der Waals surface area contributed by atoms with Gasteiger partial charge in [0.05, 0.1) is 0 Å². The number of unbranched alkanes of at least 4 members (excludes halogenated alkanes) is 3. The lowest BCUT2D eigenvalue weighted by Crippen LogP contribution is -2.35. The number of hydrogen-bond donors (Lipinski definition) is 2. The Kier molecular flexibility index (Phi) is 7.66. The Balaban J connectivity index is 1.38. The summed E-state index contributed by atoms with van der Waals surface area (Å²) >= 11 is 0. The zero-order valence-electron chi connectivity index (χ0n) is 13.3. The molecule has 2 unspecified atom stereocenters. The van der Waals surface area contributed by atoms with E-state index in [-0.39, 0.29) is 24.0 Å². The Hall–Kier alpha value is -1.14. The van der Waals surface area contributed by atoms with E-state index in [0.717, 1.165) is 51.4 Å². The lowest BCUT2D eigenvalue weighted by atomic mass is 10.1. The van der Waals surface area contributed by atoms with Gasteiger partial charge in [-0.25, -0.2) is 0 Å². The van der Waals surface area contributed by atoms with Crippen LogP contribution in [0.15, 0.2) is 0 Å². The van der Waals surface area contributed by atoms with E-state index in [0.29, 0.717) is 26.3 Å². The second-order valence-corrected chi connectivity index (χ2v) is 6.00. The van der Waals surface area contributed by atoms with Crippen molar-refractivity contribution in [2.45, 2.75) is 63.6 Å². The van der Waals surface area contributed by atoms with Crippen molar-refractivity contribution in [2.75, 3.05) is 26.3 Å². The molecule has 2 heterocycles. The third-order valence-electron chi connectivity index (χ3n) is 4.15. The number of nitrogens with one attached hydrogen (secondary N) is 2. The summed E-state index contributed by atoms with van der Waals surface area (Å²) in [7, 11) is 0. The first-order chi connectivity index (χ1) is 10.8. The maximum absolute atomic E-state index is 11.7. The minimum Gasteiger partial charge on any atom is -0.368 e. The molecule has 2 amide bonds. The minimum atomic E-state index is -0.229. The molecule has 2 atom stereocenters. The molecule has 0 aromatic heterocycles. The molecular weight excluding hydrogens is 284 g/mol. The molecule has 2 aliphatic rings. The van der Waals surface area contributed by atoms with Crippen LogP contribution in [0.25, 0.3) is 0 Å². The normalized spacial score (nSPS) is 24.4. The molecule has 0 aromatic carbocycles. The third-order valence-corrected chi connectivity index (χ3v) is 4.15. The molecule has 22 heavy (non-hydrogen) atoms. The fourth-order valence-electron chi connectivity index (χ4n) is 2.82. The van der Waals surface area contributed by atoms with Crippen molar-refractivity contribution in [1.29, 1.82) is 0 Å². The Morgan fingerprint density at radius 2 is 1.23 bits per heavy atom. The van der Waals surface area contributed by atoms with Gasteiger partial charge >= 0.3 is 0 Å². The van der Waals surface area contributed by atoms with Crippen molar-refractivity contribution in [3.8, 4) is 0 Å². The van der Waals surface area contributed by atoms with Crippen LogP contribution < -0.4 is 10.6 Å². The van der Waals surface area contributed by atoms with Gasteiger partial charge in [0, 0.05) is 26.3 Å². The van der Waals surface area contributed by atoms with Crippen molar-refractivity contribution in [1.82, 2.24) is 10.6 Å². The van der Waals surface area contributed by atoms with E-state index >= 15 is 0 Å². The number of hydrogen-bond acceptors (Lipinski definition) is 4. The van der Waals surface area contributed by atoms with Crippen molar-refractivity contribution < 1.29 is 19.1 Å². The summed E-state index contributed by atoms with van der Waals surface area (Å²) in [5, 5.41) is 5.84. The lowest BCUT2D eigenvalue weighted by Gasteiger charge is -2.11. The van der Waals surface area contributed by atoms with Gasteiger partial charge in [-0.05, 0) is 38.5 Å². The van der Waals surface area contributed by atoms with Crippen molar-refractivity contribution >= 4 is 11.8 Å². The van der Waals surface area contributed by atoms with Gasteiger partial charge in [0.15, 0.2) is 0 Å². The summed E-state index contributed by atoms with van der Waals surface area (Å²) in [5.74, 6) is 0.0580. The summed E-state index contributed by atoms with van der Waals surface area (Å²) in [6.45, 7) is 2.83. The van der Waals surface area contributed by atoms with Crippen molar-refractivity contribution in [2.24, 2.45) is 0 Å². The van der Waals surface area contributed by atoms with Crippen LogP contribution in [0.3, 0.4) is 0 Å². The highest BCUT2D eigenvalue weighted by molar-refractivity contribution is 5.81. The maximum Gasteiger partial charge on any atom is 0.249 e. The van der Waals surface area contributed by atoms with Crippen LogP contribution in [0.2, 0.25) is 0 Å². The Morgan fingerprint density at radius 3 is 1.59 bits per heavy atom. The Bertz CT molecular complexity index is 316. The second kappa shape index (κ2) is 9.79. The minimum absolute atomic E-state index is 0.0290. The number of amides is 2. The molecule has 0 aliphatic carbocycles. The molecule has 2 N–H and O–H groups in total. The Morgan fingerprint density at radius 1 is 0.773 bits per heavy atom.